The second-order valence-corrected chi connectivity index (χ2v) is 9.00. The molecule has 0 spiro atoms. The topological polar surface area (TPSA) is 75.5 Å². The van der Waals surface area contributed by atoms with E-state index in [0.717, 1.165) is 68.3 Å². The molecule has 0 bridgehead atoms. The zero-order chi connectivity index (χ0) is 23.0. The van der Waals surface area contributed by atoms with Gasteiger partial charge in [0.15, 0.2) is 0 Å². The van der Waals surface area contributed by atoms with Crippen molar-refractivity contribution in [1.29, 1.82) is 0 Å². The fourth-order valence-electron chi connectivity index (χ4n) is 5.03. The first-order valence-electron chi connectivity index (χ1n) is 11.9. The molecule has 1 N–H and O–H groups in total. The molecule has 3 aromatic rings. The van der Waals surface area contributed by atoms with Crippen molar-refractivity contribution in [3.05, 3.63) is 66.1 Å². The quantitative estimate of drug-likeness (QED) is 0.489. The van der Waals surface area contributed by atoms with E-state index in [-0.39, 0.29) is 11.8 Å². The van der Waals surface area contributed by atoms with Crippen LogP contribution < -0.4 is 4.74 Å². The third-order valence-electron chi connectivity index (χ3n) is 6.91. The molecule has 33 heavy (non-hydrogen) atoms. The third kappa shape index (κ3) is 6.08. The molecule has 1 fully saturated rings. The van der Waals surface area contributed by atoms with E-state index in [1.165, 1.54) is 11.1 Å². The highest BCUT2D eigenvalue weighted by molar-refractivity contribution is 5.83. The zero-order valence-electron chi connectivity index (χ0n) is 19.3. The van der Waals surface area contributed by atoms with Crippen LogP contribution in [0.3, 0.4) is 0 Å². The molecule has 4 rings (SSSR count). The van der Waals surface area contributed by atoms with Gasteiger partial charge in [0.1, 0.15) is 5.75 Å². The second kappa shape index (κ2) is 11.2. The fourth-order valence-corrected chi connectivity index (χ4v) is 5.03. The Hall–Kier alpha value is -2.99. The number of hydrogen-bond donors (Lipinski definition) is 1. The first-order chi connectivity index (χ1) is 16.1. The highest BCUT2D eigenvalue weighted by atomic mass is 16.5. The Labute approximate surface area is 195 Å². The van der Waals surface area contributed by atoms with Crippen molar-refractivity contribution < 1.29 is 14.6 Å². The molecular formula is C27H33N3O3. The van der Waals surface area contributed by atoms with Gasteiger partial charge in [-0.15, -0.1) is 0 Å². The van der Waals surface area contributed by atoms with Gasteiger partial charge < -0.3 is 14.7 Å². The summed E-state index contributed by atoms with van der Waals surface area (Å²) in [6.07, 6.45) is 11.3. The number of ether oxygens (including phenoxy) is 1. The molecule has 174 valence electrons. The number of likely N-dealkylation sites (tertiary alicyclic amines) is 1. The largest absolute Gasteiger partial charge is 0.497 e. The summed E-state index contributed by atoms with van der Waals surface area (Å²) in [5, 5.41) is 11.0. The number of aryl methyl sites for hydroxylation is 2. The fraction of sp³-hybridized carbons (Fsp3) is 0.444. The predicted octanol–water partition coefficient (Wildman–Crippen LogP) is 4.62. The number of benzene rings is 1. The summed E-state index contributed by atoms with van der Waals surface area (Å²) in [6.45, 7) is 2.59. The maximum absolute atomic E-state index is 12.0. The number of aliphatic carboxylic acids is 1. The molecule has 1 saturated heterocycles. The van der Waals surface area contributed by atoms with Crippen LogP contribution in [0.15, 0.2) is 55.0 Å². The number of pyridine rings is 2. The molecule has 0 aliphatic carbocycles. The van der Waals surface area contributed by atoms with Crippen molar-refractivity contribution >= 4 is 16.9 Å². The number of methoxy groups -OCH3 is 1. The minimum absolute atomic E-state index is 0.238. The van der Waals surface area contributed by atoms with Gasteiger partial charge in [-0.1, -0.05) is 0 Å². The Kier molecular flexibility index (Phi) is 7.89. The van der Waals surface area contributed by atoms with E-state index in [2.05, 4.69) is 20.9 Å². The van der Waals surface area contributed by atoms with Crippen molar-refractivity contribution in [2.45, 2.75) is 38.5 Å². The summed E-state index contributed by atoms with van der Waals surface area (Å²) >= 11 is 0. The van der Waals surface area contributed by atoms with Crippen LogP contribution in [0.4, 0.5) is 0 Å². The van der Waals surface area contributed by atoms with E-state index < -0.39 is 5.97 Å². The monoisotopic (exact) mass is 447 g/mol. The number of nitrogens with zero attached hydrogens (tertiary/aromatic N) is 3. The van der Waals surface area contributed by atoms with Crippen molar-refractivity contribution in [2.24, 2.45) is 11.8 Å². The Morgan fingerprint density at radius 2 is 1.97 bits per heavy atom. The summed E-state index contributed by atoms with van der Waals surface area (Å²) < 4.78 is 5.38. The van der Waals surface area contributed by atoms with E-state index in [9.17, 15) is 9.90 Å². The lowest BCUT2D eigenvalue weighted by molar-refractivity contribution is -0.146. The van der Waals surface area contributed by atoms with E-state index in [0.29, 0.717) is 6.54 Å². The maximum Gasteiger partial charge on any atom is 0.308 e. The number of piperidine rings is 1. The Morgan fingerprint density at radius 3 is 2.76 bits per heavy atom. The number of carboxylic acids is 1. The first-order valence-corrected chi connectivity index (χ1v) is 11.9. The van der Waals surface area contributed by atoms with Gasteiger partial charge in [-0.2, -0.15) is 0 Å². The molecule has 0 saturated carbocycles. The van der Waals surface area contributed by atoms with Crippen LogP contribution in [0.5, 0.6) is 5.75 Å². The normalized spacial score (nSPS) is 18.9. The standard InChI is InChI=1S/C27H33N3O3/c1-33-23-7-8-26-24(18-23)21(11-15-29-26)5-2-6-22-12-17-30(19-25(22)27(31)32)16-3-4-20-9-13-28-14-10-20/h7-11,13-15,18,22,25H,2-6,12,16-17,19H2,1H3,(H,31,32)/t22-,25+/m1/s1. The molecule has 1 aromatic carbocycles. The van der Waals surface area contributed by atoms with E-state index in [1.54, 1.807) is 7.11 Å². The number of rotatable bonds is 10. The first kappa shape index (κ1) is 23.2. The Morgan fingerprint density at radius 1 is 1.12 bits per heavy atom. The van der Waals surface area contributed by atoms with Crippen LogP contribution in [0, 0.1) is 11.8 Å². The molecule has 6 nitrogen and oxygen atoms in total. The molecular weight excluding hydrogens is 414 g/mol. The molecule has 0 amide bonds. The number of carbonyl (C=O) groups is 1. The number of hydrogen-bond acceptors (Lipinski definition) is 5. The number of fused-ring (bicyclic) bond motifs is 1. The van der Waals surface area contributed by atoms with Gasteiger partial charge in [0.25, 0.3) is 0 Å². The van der Waals surface area contributed by atoms with Gasteiger partial charge >= 0.3 is 5.97 Å². The van der Waals surface area contributed by atoms with E-state index in [1.807, 2.05) is 48.9 Å². The smallest absolute Gasteiger partial charge is 0.308 e. The highest BCUT2D eigenvalue weighted by Crippen LogP contribution is 2.30. The van der Waals surface area contributed by atoms with Crippen LogP contribution >= 0.6 is 0 Å². The van der Waals surface area contributed by atoms with Crippen LogP contribution in [0.25, 0.3) is 10.9 Å². The van der Waals surface area contributed by atoms with Crippen molar-refractivity contribution in [3.63, 3.8) is 0 Å². The lowest BCUT2D eigenvalue weighted by Crippen LogP contribution is -2.44. The Balaban J connectivity index is 1.29. The summed E-state index contributed by atoms with van der Waals surface area (Å²) in [5.74, 6) is 0.132. The van der Waals surface area contributed by atoms with Crippen molar-refractivity contribution in [1.82, 2.24) is 14.9 Å². The average Bonchev–Trinajstić information content (AvgIpc) is 2.85. The lowest BCUT2D eigenvalue weighted by atomic mass is 9.81. The van der Waals surface area contributed by atoms with Crippen LogP contribution in [-0.4, -0.2) is 52.7 Å². The Bertz CT molecular complexity index is 1060. The third-order valence-corrected chi connectivity index (χ3v) is 6.91. The molecule has 0 unspecified atom stereocenters. The molecule has 3 heterocycles. The molecule has 6 heteroatoms. The molecule has 2 aromatic heterocycles. The predicted molar refractivity (Wildman–Crippen MR) is 129 cm³/mol. The van der Waals surface area contributed by atoms with E-state index >= 15 is 0 Å². The minimum Gasteiger partial charge on any atom is -0.497 e. The summed E-state index contributed by atoms with van der Waals surface area (Å²) in [4.78, 5) is 22.9. The van der Waals surface area contributed by atoms with Crippen LogP contribution in [0.1, 0.15) is 36.8 Å². The minimum atomic E-state index is -0.655. The highest BCUT2D eigenvalue weighted by Gasteiger charge is 2.33. The van der Waals surface area contributed by atoms with Gasteiger partial charge in [-0.05, 0) is 105 Å². The van der Waals surface area contributed by atoms with Crippen molar-refractivity contribution in [3.8, 4) is 5.75 Å². The maximum atomic E-state index is 12.0. The van der Waals surface area contributed by atoms with Gasteiger partial charge in [0, 0.05) is 30.5 Å². The molecule has 2 atom stereocenters. The average molecular weight is 448 g/mol. The van der Waals surface area contributed by atoms with Crippen LogP contribution in [0.2, 0.25) is 0 Å². The lowest BCUT2D eigenvalue weighted by Gasteiger charge is -2.36. The second-order valence-electron chi connectivity index (χ2n) is 9.00. The number of aromatic nitrogens is 2. The van der Waals surface area contributed by atoms with Gasteiger partial charge in [-0.25, -0.2) is 0 Å². The number of carboxylic acid groups (broad SMARTS) is 1. The van der Waals surface area contributed by atoms with Crippen molar-refractivity contribution in [2.75, 3.05) is 26.7 Å². The molecule has 1 aliphatic heterocycles. The van der Waals surface area contributed by atoms with Crippen LogP contribution in [-0.2, 0) is 17.6 Å². The summed E-state index contributed by atoms with van der Waals surface area (Å²) in [5.41, 5.74) is 3.51. The summed E-state index contributed by atoms with van der Waals surface area (Å²) in [6, 6.07) is 12.1. The van der Waals surface area contributed by atoms with Gasteiger partial charge in [0.05, 0.1) is 18.5 Å². The molecule has 1 aliphatic rings. The summed E-state index contributed by atoms with van der Waals surface area (Å²) in [7, 11) is 1.68. The molecule has 0 radical (unpaired) electrons. The zero-order valence-corrected chi connectivity index (χ0v) is 19.3. The van der Waals surface area contributed by atoms with Gasteiger partial charge in [0.2, 0.25) is 0 Å². The SMILES string of the molecule is COc1ccc2nccc(CCC[C@@H]3CCN(CCCc4ccncc4)C[C@@H]3C(=O)O)c2c1. The van der Waals surface area contributed by atoms with E-state index in [4.69, 9.17) is 4.74 Å². The van der Waals surface area contributed by atoms with Gasteiger partial charge in [-0.3, -0.25) is 14.8 Å².